The van der Waals surface area contributed by atoms with E-state index in [2.05, 4.69) is 79.4 Å². The van der Waals surface area contributed by atoms with Crippen molar-refractivity contribution in [3.05, 3.63) is 66.1 Å². The maximum Gasteiger partial charge on any atom is 0.191 e. The monoisotopic (exact) mass is 376 g/mol. The van der Waals surface area contributed by atoms with Gasteiger partial charge < -0.3 is 19.9 Å². The predicted octanol–water partition coefficient (Wildman–Crippen LogP) is 2.98. The quantitative estimate of drug-likeness (QED) is 0.543. The molecule has 1 unspecified atom stereocenters. The second kappa shape index (κ2) is 8.33. The van der Waals surface area contributed by atoms with E-state index in [9.17, 15) is 0 Å². The molecule has 2 aromatic heterocycles. The number of aromatic nitrogens is 2. The van der Waals surface area contributed by atoms with E-state index in [0.717, 1.165) is 36.8 Å². The third kappa shape index (κ3) is 4.11. The molecule has 6 nitrogen and oxygen atoms in total. The number of imidazole rings is 1. The van der Waals surface area contributed by atoms with Crippen LogP contribution in [0, 0.1) is 6.92 Å². The molecule has 4 rings (SSSR count). The molecule has 146 valence electrons. The van der Waals surface area contributed by atoms with Gasteiger partial charge in [-0.25, -0.2) is 4.98 Å². The molecule has 0 aliphatic carbocycles. The highest BCUT2D eigenvalue weighted by atomic mass is 15.2. The topological polar surface area (TPSA) is 57.0 Å². The van der Waals surface area contributed by atoms with Crippen molar-refractivity contribution in [1.29, 1.82) is 0 Å². The number of hydrogen-bond acceptors (Lipinski definition) is 3. The Kier molecular flexibility index (Phi) is 5.46. The van der Waals surface area contributed by atoms with E-state index in [1.807, 2.05) is 19.2 Å². The summed E-state index contributed by atoms with van der Waals surface area (Å²) in [7, 11) is 1.82. The standard InChI is InChI=1S/C22H28N6/c1-17-8-6-12-21-25-19(16-28(17)21)14-24-22(23-2)26-18-9-7-13-27(15-18)20-10-4-3-5-11-20/h3-6,8,10-12,16,18H,7,9,13-15H2,1-2H3,(H2,23,24,26). The first-order chi connectivity index (χ1) is 13.7. The van der Waals surface area contributed by atoms with Crippen LogP contribution in [0.2, 0.25) is 0 Å². The molecule has 28 heavy (non-hydrogen) atoms. The molecule has 0 radical (unpaired) electrons. The van der Waals surface area contributed by atoms with Crippen LogP contribution in [-0.2, 0) is 6.54 Å². The summed E-state index contributed by atoms with van der Waals surface area (Å²) in [5, 5.41) is 7.00. The number of para-hydroxylation sites is 1. The van der Waals surface area contributed by atoms with E-state index in [1.54, 1.807) is 0 Å². The molecule has 0 amide bonds. The van der Waals surface area contributed by atoms with Gasteiger partial charge in [0, 0.05) is 43.8 Å². The van der Waals surface area contributed by atoms with Crippen LogP contribution < -0.4 is 15.5 Å². The Labute approximate surface area is 166 Å². The Hall–Kier alpha value is -3.02. The molecule has 3 aromatic rings. The Balaban J connectivity index is 1.35. The zero-order chi connectivity index (χ0) is 19.3. The molecule has 3 heterocycles. The minimum absolute atomic E-state index is 0.378. The molecule has 0 bridgehead atoms. The van der Waals surface area contributed by atoms with Crippen LogP contribution in [0.5, 0.6) is 0 Å². The van der Waals surface area contributed by atoms with Crippen molar-refractivity contribution in [3.8, 4) is 0 Å². The molecule has 0 saturated carbocycles. The first kappa shape index (κ1) is 18.3. The Morgan fingerprint density at radius 3 is 2.82 bits per heavy atom. The molecule has 2 N–H and O–H groups in total. The molecular formula is C22H28N6. The first-order valence-corrected chi connectivity index (χ1v) is 9.94. The molecule has 0 spiro atoms. The second-order valence-electron chi connectivity index (χ2n) is 7.32. The molecule has 1 atom stereocenters. The van der Waals surface area contributed by atoms with Gasteiger partial charge in [-0.1, -0.05) is 24.3 Å². The van der Waals surface area contributed by atoms with Gasteiger partial charge in [0.2, 0.25) is 0 Å². The summed E-state index contributed by atoms with van der Waals surface area (Å²) < 4.78 is 2.12. The van der Waals surface area contributed by atoms with Crippen molar-refractivity contribution in [2.45, 2.75) is 32.4 Å². The highest BCUT2D eigenvalue weighted by molar-refractivity contribution is 5.80. The summed E-state index contributed by atoms with van der Waals surface area (Å²) in [4.78, 5) is 11.5. The molecule has 1 saturated heterocycles. The lowest BCUT2D eigenvalue weighted by Gasteiger charge is -2.35. The summed E-state index contributed by atoms with van der Waals surface area (Å²) in [6.07, 6.45) is 4.41. The van der Waals surface area contributed by atoms with Gasteiger partial charge in [0.05, 0.1) is 12.2 Å². The zero-order valence-corrected chi connectivity index (χ0v) is 16.6. The highest BCUT2D eigenvalue weighted by Gasteiger charge is 2.21. The smallest absolute Gasteiger partial charge is 0.191 e. The molecule has 1 aliphatic rings. The molecular weight excluding hydrogens is 348 g/mol. The largest absolute Gasteiger partial charge is 0.369 e. The summed E-state index contributed by atoms with van der Waals surface area (Å²) in [6.45, 7) is 4.83. The Bertz CT molecular complexity index is 946. The minimum Gasteiger partial charge on any atom is -0.369 e. The van der Waals surface area contributed by atoms with Crippen LogP contribution in [-0.4, -0.2) is 41.5 Å². The van der Waals surface area contributed by atoms with Gasteiger partial charge >= 0.3 is 0 Å². The van der Waals surface area contributed by atoms with Crippen LogP contribution in [0.1, 0.15) is 24.2 Å². The number of piperidine rings is 1. The molecule has 1 aliphatic heterocycles. The van der Waals surface area contributed by atoms with E-state index in [4.69, 9.17) is 0 Å². The number of nitrogens with one attached hydrogen (secondary N) is 2. The number of nitrogens with zero attached hydrogens (tertiary/aromatic N) is 4. The average Bonchev–Trinajstić information content (AvgIpc) is 3.16. The van der Waals surface area contributed by atoms with Gasteiger partial charge in [-0.2, -0.15) is 0 Å². The van der Waals surface area contributed by atoms with E-state index < -0.39 is 0 Å². The van der Waals surface area contributed by atoms with E-state index in [1.165, 1.54) is 17.8 Å². The number of aliphatic imine (C=N–C) groups is 1. The van der Waals surface area contributed by atoms with Crippen LogP contribution in [0.25, 0.3) is 5.65 Å². The number of hydrogen-bond donors (Lipinski definition) is 2. The highest BCUT2D eigenvalue weighted by Crippen LogP contribution is 2.19. The summed E-state index contributed by atoms with van der Waals surface area (Å²) >= 11 is 0. The lowest BCUT2D eigenvalue weighted by atomic mass is 10.1. The van der Waals surface area contributed by atoms with Gasteiger partial charge in [0.15, 0.2) is 5.96 Å². The summed E-state index contributed by atoms with van der Waals surface area (Å²) in [5.74, 6) is 0.827. The number of benzene rings is 1. The maximum absolute atomic E-state index is 4.69. The van der Waals surface area contributed by atoms with Gasteiger partial charge in [-0.15, -0.1) is 0 Å². The third-order valence-electron chi connectivity index (χ3n) is 5.29. The number of fused-ring (bicyclic) bond motifs is 1. The number of anilines is 1. The Morgan fingerprint density at radius 2 is 2.04 bits per heavy atom. The summed E-state index contributed by atoms with van der Waals surface area (Å²) in [5.41, 5.74) is 4.45. The van der Waals surface area contributed by atoms with Gasteiger partial charge in [0.25, 0.3) is 0 Å². The van der Waals surface area contributed by atoms with Crippen molar-refractivity contribution in [2.24, 2.45) is 4.99 Å². The SMILES string of the molecule is CN=C(NCc1cn2c(C)cccc2n1)NC1CCCN(c2ccccc2)C1. The van der Waals surface area contributed by atoms with Crippen LogP contribution in [0.3, 0.4) is 0 Å². The van der Waals surface area contributed by atoms with Crippen LogP contribution in [0.15, 0.2) is 59.7 Å². The number of rotatable bonds is 4. The fourth-order valence-corrected chi connectivity index (χ4v) is 3.81. The molecule has 1 aromatic carbocycles. The van der Waals surface area contributed by atoms with Gasteiger partial charge in [0.1, 0.15) is 5.65 Å². The Morgan fingerprint density at radius 1 is 1.18 bits per heavy atom. The van der Waals surface area contributed by atoms with Crippen molar-refractivity contribution in [2.75, 3.05) is 25.0 Å². The predicted molar refractivity (Wildman–Crippen MR) is 115 cm³/mol. The zero-order valence-electron chi connectivity index (χ0n) is 16.6. The van der Waals surface area contributed by atoms with Crippen LogP contribution >= 0.6 is 0 Å². The maximum atomic E-state index is 4.69. The number of aryl methyl sites for hydroxylation is 1. The average molecular weight is 377 g/mol. The van der Waals surface area contributed by atoms with Crippen molar-refractivity contribution in [1.82, 2.24) is 20.0 Å². The van der Waals surface area contributed by atoms with Gasteiger partial charge in [-0.3, -0.25) is 4.99 Å². The number of pyridine rings is 1. The van der Waals surface area contributed by atoms with E-state index in [-0.39, 0.29) is 0 Å². The van der Waals surface area contributed by atoms with Crippen molar-refractivity contribution >= 4 is 17.3 Å². The van der Waals surface area contributed by atoms with Crippen molar-refractivity contribution in [3.63, 3.8) is 0 Å². The summed E-state index contributed by atoms with van der Waals surface area (Å²) in [6, 6.07) is 17.2. The van der Waals surface area contributed by atoms with Crippen molar-refractivity contribution < 1.29 is 0 Å². The fraction of sp³-hybridized carbons (Fsp3) is 0.364. The fourth-order valence-electron chi connectivity index (χ4n) is 3.81. The minimum atomic E-state index is 0.378. The van der Waals surface area contributed by atoms with Gasteiger partial charge in [-0.05, 0) is 44.0 Å². The van der Waals surface area contributed by atoms with E-state index >= 15 is 0 Å². The lowest BCUT2D eigenvalue weighted by Crippen LogP contribution is -2.51. The number of guanidine groups is 1. The third-order valence-corrected chi connectivity index (χ3v) is 5.29. The molecule has 6 heteroatoms. The second-order valence-corrected chi connectivity index (χ2v) is 7.32. The van der Waals surface area contributed by atoms with E-state index in [0.29, 0.717) is 12.6 Å². The van der Waals surface area contributed by atoms with Crippen LogP contribution in [0.4, 0.5) is 5.69 Å². The normalized spacial score (nSPS) is 17.7. The lowest BCUT2D eigenvalue weighted by molar-refractivity contribution is 0.468. The molecule has 1 fully saturated rings. The first-order valence-electron chi connectivity index (χ1n) is 9.94.